The molecular formula is C17H21N7S. The first-order chi connectivity index (χ1) is 12.3. The van der Waals surface area contributed by atoms with Crippen molar-refractivity contribution in [3.05, 3.63) is 42.0 Å². The first kappa shape index (κ1) is 16.3. The molecule has 1 aliphatic rings. The van der Waals surface area contributed by atoms with Crippen LogP contribution in [0.3, 0.4) is 0 Å². The van der Waals surface area contributed by atoms with Crippen molar-refractivity contribution in [3.63, 3.8) is 0 Å². The number of thioether (sulfide) groups is 1. The van der Waals surface area contributed by atoms with Gasteiger partial charge in [-0.25, -0.2) is 0 Å². The molecule has 25 heavy (non-hydrogen) atoms. The molecule has 1 aliphatic carbocycles. The van der Waals surface area contributed by atoms with Gasteiger partial charge in [-0.05, 0) is 42.3 Å². The Hall–Kier alpha value is -2.22. The van der Waals surface area contributed by atoms with E-state index in [9.17, 15) is 0 Å². The van der Waals surface area contributed by atoms with Crippen LogP contribution < -0.4 is 0 Å². The molecule has 7 nitrogen and oxygen atoms in total. The lowest BCUT2D eigenvalue weighted by molar-refractivity contribution is 0.332. The summed E-state index contributed by atoms with van der Waals surface area (Å²) >= 11 is 1.65. The van der Waals surface area contributed by atoms with Crippen LogP contribution in [-0.4, -0.2) is 35.0 Å². The Morgan fingerprint density at radius 1 is 1.04 bits per heavy atom. The largest absolute Gasteiger partial charge is 0.303 e. The first-order valence-electron chi connectivity index (χ1n) is 8.70. The van der Waals surface area contributed by atoms with Gasteiger partial charge in [-0.3, -0.25) is 0 Å². The summed E-state index contributed by atoms with van der Waals surface area (Å²) in [6, 6.07) is 10.5. The van der Waals surface area contributed by atoms with Crippen molar-refractivity contribution in [3.8, 4) is 5.69 Å². The van der Waals surface area contributed by atoms with E-state index in [1.165, 1.54) is 32.1 Å². The maximum Gasteiger partial charge on any atom is 0.191 e. The molecule has 4 rings (SSSR count). The van der Waals surface area contributed by atoms with Gasteiger partial charge >= 0.3 is 0 Å². The van der Waals surface area contributed by atoms with Crippen LogP contribution >= 0.6 is 11.8 Å². The predicted octanol–water partition coefficient (Wildman–Crippen LogP) is 3.36. The lowest BCUT2D eigenvalue weighted by Crippen LogP contribution is -2.15. The van der Waals surface area contributed by atoms with E-state index in [4.69, 9.17) is 0 Å². The molecule has 3 aromatic rings. The van der Waals surface area contributed by atoms with Gasteiger partial charge in [0.15, 0.2) is 11.0 Å². The number of hydrogen-bond acceptors (Lipinski definition) is 6. The van der Waals surface area contributed by atoms with E-state index >= 15 is 0 Å². The third-order valence-corrected chi connectivity index (χ3v) is 5.58. The SMILES string of the molecule is Cc1nnc(SCc2nnnn2-c2ccccc2)n1C1CCCCC1. The summed E-state index contributed by atoms with van der Waals surface area (Å²) in [4.78, 5) is 0. The molecule has 0 N–H and O–H groups in total. The number of rotatable bonds is 5. The van der Waals surface area contributed by atoms with Crippen LogP contribution in [0.1, 0.15) is 49.8 Å². The average molecular weight is 355 g/mol. The molecule has 0 radical (unpaired) electrons. The van der Waals surface area contributed by atoms with Crippen molar-refractivity contribution < 1.29 is 0 Å². The second-order valence-electron chi connectivity index (χ2n) is 6.32. The summed E-state index contributed by atoms with van der Waals surface area (Å²) in [6.07, 6.45) is 6.35. The highest BCUT2D eigenvalue weighted by Crippen LogP contribution is 2.33. The number of benzene rings is 1. The van der Waals surface area contributed by atoms with Gasteiger partial charge < -0.3 is 4.57 Å². The van der Waals surface area contributed by atoms with Gasteiger partial charge in [-0.2, -0.15) is 4.68 Å². The molecule has 0 spiro atoms. The van der Waals surface area contributed by atoms with E-state index < -0.39 is 0 Å². The summed E-state index contributed by atoms with van der Waals surface area (Å²) in [5, 5.41) is 21.8. The Morgan fingerprint density at radius 3 is 2.64 bits per heavy atom. The molecule has 2 heterocycles. The Kier molecular flexibility index (Phi) is 4.78. The Balaban J connectivity index is 1.52. The van der Waals surface area contributed by atoms with Crippen molar-refractivity contribution in [2.24, 2.45) is 0 Å². The zero-order valence-electron chi connectivity index (χ0n) is 14.2. The Bertz CT molecular complexity index is 821. The van der Waals surface area contributed by atoms with Crippen LogP contribution in [0, 0.1) is 6.92 Å². The van der Waals surface area contributed by atoms with Crippen molar-refractivity contribution in [2.75, 3.05) is 0 Å². The van der Waals surface area contributed by atoms with E-state index in [-0.39, 0.29) is 0 Å². The molecule has 0 amide bonds. The van der Waals surface area contributed by atoms with Crippen molar-refractivity contribution >= 4 is 11.8 Å². The summed E-state index contributed by atoms with van der Waals surface area (Å²) in [6.45, 7) is 2.04. The normalized spacial score (nSPS) is 15.6. The average Bonchev–Trinajstić information content (AvgIpc) is 3.28. The molecule has 1 fully saturated rings. The minimum absolute atomic E-state index is 0.524. The molecule has 0 bridgehead atoms. The number of aromatic nitrogens is 7. The standard InChI is InChI=1S/C17H21N7S/c1-13-18-20-17(23(13)14-8-4-2-5-9-14)25-12-16-19-21-22-24(16)15-10-6-3-7-11-15/h3,6-7,10-11,14H,2,4-5,8-9,12H2,1H3. The zero-order valence-corrected chi connectivity index (χ0v) is 15.1. The van der Waals surface area contributed by atoms with Gasteiger partial charge in [0.1, 0.15) is 5.82 Å². The number of para-hydroxylation sites is 1. The third-order valence-electron chi connectivity index (χ3n) is 4.64. The van der Waals surface area contributed by atoms with Gasteiger partial charge in [0.05, 0.1) is 11.4 Å². The van der Waals surface area contributed by atoms with Crippen LogP contribution in [0.2, 0.25) is 0 Å². The number of nitrogens with zero attached hydrogens (tertiary/aromatic N) is 7. The van der Waals surface area contributed by atoms with Crippen molar-refractivity contribution in [2.45, 2.75) is 56.0 Å². The summed E-state index contributed by atoms with van der Waals surface area (Å²) < 4.78 is 4.08. The van der Waals surface area contributed by atoms with Crippen LogP contribution in [-0.2, 0) is 5.75 Å². The maximum absolute atomic E-state index is 4.39. The number of hydrogen-bond donors (Lipinski definition) is 0. The van der Waals surface area contributed by atoms with E-state index in [1.54, 1.807) is 16.4 Å². The smallest absolute Gasteiger partial charge is 0.191 e. The highest BCUT2D eigenvalue weighted by molar-refractivity contribution is 7.98. The summed E-state index contributed by atoms with van der Waals surface area (Å²) in [7, 11) is 0. The zero-order chi connectivity index (χ0) is 17.1. The highest BCUT2D eigenvalue weighted by atomic mass is 32.2. The lowest BCUT2D eigenvalue weighted by Gasteiger charge is -2.24. The van der Waals surface area contributed by atoms with Crippen molar-refractivity contribution in [1.29, 1.82) is 0 Å². The molecule has 0 unspecified atom stereocenters. The van der Waals surface area contributed by atoms with Crippen LogP contribution in [0.5, 0.6) is 0 Å². The van der Waals surface area contributed by atoms with Crippen LogP contribution in [0.4, 0.5) is 0 Å². The molecule has 2 aromatic heterocycles. The predicted molar refractivity (Wildman–Crippen MR) is 95.6 cm³/mol. The minimum atomic E-state index is 0.524. The lowest BCUT2D eigenvalue weighted by atomic mass is 9.95. The Labute approximate surface area is 150 Å². The monoisotopic (exact) mass is 355 g/mol. The Morgan fingerprint density at radius 2 is 1.84 bits per heavy atom. The van der Waals surface area contributed by atoms with Gasteiger partial charge in [-0.1, -0.05) is 49.2 Å². The highest BCUT2D eigenvalue weighted by Gasteiger charge is 2.22. The van der Waals surface area contributed by atoms with Gasteiger partial charge in [0.25, 0.3) is 0 Å². The molecule has 0 aliphatic heterocycles. The molecule has 1 saturated carbocycles. The molecule has 1 aromatic carbocycles. The van der Waals surface area contributed by atoms with Gasteiger partial charge in [0.2, 0.25) is 0 Å². The first-order valence-corrected chi connectivity index (χ1v) is 9.68. The van der Waals surface area contributed by atoms with Crippen LogP contribution in [0.25, 0.3) is 5.69 Å². The minimum Gasteiger partial charge on any atom is -0.303 e. The second kappa shape index (κ2) is 7.35. The maximum atomic E-state index is 4.39. The van der Waals surface area contributed by atoms with Gasteiger partial charge in [-0.15, -0.1) is 15.3 Å². The topological polar surface area (TPSA) is 74.3 Å². The molecule has 8 heteroatoms. The fourth-order valence-electron chi connectivity index (χ4n) is 3.40. The van der Waals surface area contributed by atoms with E-state index in [0.29, 0.717) is 11.8 Å². The fraction of sp³-hybridized carbons (Fsp3) is 0.471. The molecule has 130 valence electrons. The van der Waals surface area contributed by atoms with E-state index in [0.717, 1.165) is 22.5 Å². The molecule has 0 saturated heterocycles. The van der Waals surface area contributed by atoms with Crippen molar-refractivity contribution in [1.82, 2.24) is 35.0 Å². The van der Waals surface area contributed by atoms with E-state index in [2.05, 4.69) is 30.3 Å². The fourth-order valence-corrected chi connectivity index (χ4v) is 4.36. The van der Waals surface area contributed by atoms with E-state index in [1.807, 2.05) is 37.3 Å². The quantitative estimate of drug-likeness (QED) is 0.653. The van der Waals surface area contributed by atoms with Gasteiger partial charge in [0, 0.05) is 6.04 Å². The van der Waals surface area contributed by atoms with Crippen LogP contribution in [0.15, 0.2) is 35.5 Å². The summed E-state index contributed by atoms with van der Waals surface area (Å²) in [5.41, 5.74) is 0.966. The second-order valence-corrected chi connectivity index (χ2v) is 7.27. The number of tetrazole rings is 1. The molecular weight excluding hydrogens is 334 g/mol. The third kappa shape index (κ3) is 3.44. The summed E-state index contributed by atoms with van der Waals surface area (Å²) in [5.74, 6) is 2.47. The number of aryl methyl sites for hydroxylation is 1. The molecule has 0 atom stereocenters.